The number of imidazole rings is 1. The molecule has 0 spiro atoms. The predicted octanol–water partition coefficient (Wildman–Crippen LogP) is 4.03. The number of halogens is 1. The van der Waals surface area contributed by atoms with E-state index in [9.17, 15) is 0 Å². The zero-order chi connectivity index (χ0) is 16.4. The molecule has 2 heterocycles. The van der Waals surface area contributed by atoms with Crippen LogP contribution in [0.2, 0.25) is 5.02 Å². The van der Waals surface area contributed by atoms with E-state index in [0.29, 0.717) is 6.54 Å². The summed E-state index contributed by atoms with van der Waals surface area (Å²) in [6, 6.07) is 7.81. The Morgan fingerprint density at radius 1 is 1.17 bits per heavy atom. The second kappa shape index (κ2) is 6.54. The summed E-state index contributed by atoms with van der Waals surface area (Å²) in [5, 5.41) is 3.99. The maximum Gasteiger partial charge on any atom is 0.166 e. The monoisotopic (exact) mass is 329 g/mol. The van der Waals surface area contributed by atoms with Crippen LogP contribution in [0.5, 0.6) is 0 Å². The summed E-state index contributed by atoms with van der Waals surface area (Å²) in [5.41, 5.74) is 1.97. The van der Waals surface area contributed by atoms with Gasteiger partial charge in [-0.1, -0.05) is 37.6 Å². The molecule has 0 amide bonds. The molecule has 0 unspecified atom stereocenters. The van der Waals surface area contributed by atoms with Gasteiger partial charge >= 0.3 is 0 Å². The third-order valence-corrected chi connectivity index (χ3v) is 3.86. The molecule has 0 bridgehead atoms. The number of benzene rings is 1. The quantitative estimate of drug-likeness (QED) is 0.767. The Balaban J connectivity index is 2.03. The maximum absolute atomic E-state index is 5.95. The average Bonchev–Trinajstić information content (AvgIpc) is 2.98. The van der Waals surface area contributed by atoms with E-state index in [1.54, 1.807) is 0 Å². The van der Waals surface area contributed by atoms with Crippen molar-refractivity contribution < 1.29 is 0 Å². The molecule has 2 aliphatic heterocycles. The summed E-state index contributed by atoms with van der Waals surface area (Å²) in [7, 11) is 0. The Kier molecular flexibility index (Phi) is 4.48. The molecule has 2 aliphatic rings. The molecule has 1 aromatic carbocycles. The SMILES string of the molecule is CCNc1ncn(Cc2ccc(Cl)cc2)c2nc(C(C)C)nc1-2. The van der Waals surface area contributed by atoms with Gasteiger partial charge in [-0.25, -0.2) is 15.0 Å². The standard InChI is InChI=1S/C17H20ClN5/c1-4-19-16-14-17(22-15(21-14)11(2)3)23(10-20-16)9-12-5-7-13(18)8-6-12/h5-8,10-11,19H,4,9H2,1-3H3. The zero-order valence-corrected chi connectivity index (χ0v) is 14.3. The summed E-state index contributed by atoms with van der Waals surface area (Å²) in [6.45, 7) is 7.72. The smallest absolute Gasteiger partial charge is 0.166 e. The van der Waals surface area contributed by atoms with Crippen LogP contribution >= 0.6 is 11.6 Å². The molecule has 0 radical (unpaired) electrons. The van der Waals surface area contributed by atoms with Gasteiger partial charge in [0.1, 0.15) is 5.82 Å². The van der Waals surface area contributed by atoms with Crippen molar-refractivity contribution in [3.05, 3.63) is 47.0 Å². The molecule has 6 heteroatoms. The minimum Gasteiger partial charge on any atom is -0.368 e. The number of nitrogens with zero attached hydrogens (tertiary/aromatic N) is 4. The van der Waals surface area contributed by atoms with Gasteiger partial charge in [-0.15, -0.1) is 0 Å². The number of fused-ring (bicyclic) bond motifs is 1. The Morgan fingerprint density at radius 2 is 1.91 bits per heavy atom. The number of nitrogens with one attached hydrogen (secondary N) is 1. The lowest BCUT2D eigenvalue weighted by Crippen LogP contribution is -2.10. The fraction of sp³-hybridized carbons (Fsp3) is 0.353. The van der Waals surface area contributed by atoms with Crippen molar-refractivity contribution in [1.29, 1.82) is 0 Å². The molecule has 0 atom stereocenters. The highest BCUT2D eigenvalue weighted by molar-refractivity contribution is 6.30. The molecule has 0 saturated carbocycles. The van der Waals surface area contributed by atoms with E-state index in [1.165, 1.54) is 0 Å². The van der Waals surface area contributed by atoms with Gasteiger partial charge in [-0.3, -0.25) is 0 Å². The highest BCUT2D eigenvalue weighted by atomic mass is 35.5. The molecule has 1 N–H and O–H groups in total. The summed E-state index contributed by atoms with van der Waals surface area (Å²) < 4.78 is 2.03. The summed E-state index contributed by atoms with van der Waals surface area (Å²) in [5.74, 6) is 2.77. The number of aromatic nitrogens is 4. The second-order valence-corrected chi connectivity index (χ2v) is 6.22. The molecule has 0 fully saturated rings. The Hall–Kier alpha value is -2.14. The van der Waals surface area contributed by atoms with Crippen molar-refractivity contribution >= 4 is 17.4 Å². The molecule has 5 nitrogen and oxygen atoms in total. The molecule has 23 heavy (non-hydrogen) atoms. The Labute approximate surface area is 141 Å². The number of hydrogen-bond donors (Lipinski definition) is 1. The van der Waals surface area contributed by atoms with Crippen molar-refractivity contribution in [1.82, 2.24) is 19.5 Å². The van der Waals surface area contributed by atoms with Crippen molar-refractivity contribution in [3.8, 4) is 11.5 Å². The first-order valence-electron chi connectivity index (χ1n) is 7.79. The topological polar surface area (TPSA) is 55.6 Å². The first kappa shape index (κ1) is 15.7. The van der Waals surface area contributed by atoms with Gasteiger partial charge in [-0.2, -0.15) is 0 Å². The van der Waals surface area contributed by atoms with Crippen LogP contribution in [-0.2, 0) is 6.54 Å². The van der Waals surface area contributed by atoms with Crippen LogP contribution in [0.1, 0.15) is 38.1 Å². The molecule has 0 aromatic heterocycles. The molecular weight excluding hydrogens is 310 g/mol. The highest BCUT2D eigenvalue weighted by Crippen LogP contribution is 2.28. The number of anilines is 1. The van der Waals surface area contributed by atoms with Gasteiger partial charge in [0.2, 0.25) is 0 Å². The predicted molar refractivity (Wildman–Crippen MR) is 93.2 cm³/mol. The number of rotatable bonds is 5. The molecule has 120 valence electrons. The van der Waals surface area contributed by atoms with Gasteiger partial charge in [0, 0.05) is 17.5 Å². The van der Waals surface area contributed by atoms with Crippen molar-refractivity contribution in [2.75, 3.05) is 11.9 Å². The fourth-order valence-electron chi connectivity index (χ4n) is 2.41. The van der Waals surface area contributed by atoms with Crippen LogP contribution in [0.3, 0.4) is 0 Å². The first-order chi connectivity index (χ1) is 11.1. The van der Waals surface area contributed by atoms with Crippen LogP contribution in [0, 0.1) is 0 Å². The Bertz CT molecular complexity index is 763. The van der Waals surface area contributed by atoms with Crippen LogP contribution in [0.15, 0.2) is 30.6 Å². The van der Waals surface area contributed by atoms with E-state index < -0.39 is 0 Å². The Morgan fingerprint density at radius 3 is 2.57 bits per heavy atom. The highest BCUT2D eigenvalue weighted by Gasteiger charge is 2.21. The zero-order valence-electron chi connectivity index (χ0n) is 13.5. The van der Waals surface area contributed by atoms with E-state index in [-0.39, 0.29) is 5.92 Å². The van der Waals surface area contributed by atoms with Crippen LogP contribution < -0.4 is 5.32 Å². The lowest BCUT2D eigenvalue weighted by molar-refractivity contribution is 0.751. The second-order valence-electron chi connectivity index (χ2n) is 5.79. The van der Waals surface area contributed by atoms with Gasteiger partial charge in [0.05, 0.1) is 12.9 Å². The van der Waals surface area contributed by atoms with Gasteiger partial charge in [0.25, 0.3) is 0 Å². The average molecular weight is 330 g/mol. The minimum absolute atomic E-state index is 0.279. The number of hydrogen-bond acceptors (Lipinski definition) is 4. The molecule has 1 aromatic rings. The van der Waals surface area contributed by atoms with E-state index in [2.05, 4.69) is 29.1 Å². The van der Waals surface area contributed by atoms with Crippen molar-refractivity contribution in [3.63, 3.8) is 0 Å². The third-order valence-electron chi connectivity index (χ3n) is 3.61. The largest absolute Gasteiger partial charge is 0.368 e. The molecule has 0 saturated heterocycles. The van der Waals surface area contributed by atoms with Crippen LogP contribution in [-0.4, -0.2) is 26.1 Å². The lowest BCUT2D eigenvalue weighted by Gasteiger charge is -2.13. The molecule has 3 rings (SSSR count). The van der Waals surface area contributed by atoms with Crippen LogP contribution in [0.25, 0.3) is 11.5 Å². The van der Waals surface area contributed by atoms with Crippen molar-refractivity contribution in [2.24, 2.45) is 0 Å². The lowest BCUT2D eigenvalue weighted by atomic mass is 10.2. The first-order valence-corrected chi connectivity index (χ1v) is 8.17. The van der Waals surface area contributed by atoms with Crippen LogP contribution in [0.4, 0.5) is 5.82 Å². The van der Waals surface area contributed by atoms with E-state index in [4.69, 9.17) is 16.6 Å². The maximum atomic E-state index is 5.95. The van der Waals surface area contributed by atoms with Gasteiger partial charge in [0.15, 0.2) is 17.3 Å². The third kappa shape index (κ3) is 3.29. The fourth-order valence-corrected chi connectivity index (χ4v) is 2.54. The van der Waals surface area contributed by atoms with Gasteiger partial charge in [-0.05, 0) is 24.6 Å². The van der Waals surface area contributed by atoms with Crippen molar-refractivity contribution in [2.45, 2.75) is 33.2 Å². The summed E-state index contributed by atoms with van der Waals surface area (Å²) >= 11 is 5.95. The van der Waals surface area contributed by atoms with E-state index in [1.807, 2.05) is 42.1 Å². The summed E-state index contributed by atoms with van der Waals surface area (Å²) in [6.07, 6.45) is 1.81. The van der Waals surface area contributed by atoms with Gasteiger partial charge < -0.3 is 9.88 Å². The van der Waals surface area contributed by atoms with E-state index in [0.717, 1.165) is 40.3 Å². The molecule has 0 aliphatic carbocycles. The molecular formula is C17H20ClN5. The minimum atomic E-state index is 0.279. The van der Waals surface area contributed by atoms with E-state index >= 15 is 0 Å². The summed E-state index contributed by atoms with van der Waals surface area (Å²) in [4.78, 5) is 13.9. The normalized spacial score (nSPS) is 11.3.